The number of carbonyl (C=O) groups is 3. The van der Waals surface area contributed by atoms with Gasteiger partial charge >= 0.3 is 12.1 Å². The number of aliphatic carboxylic acids is 1. The standard InChI is InChI=1S/C27H32N2O6/c1-26(2,23(30)29-15-12-27(34,13-16-29)24(31)32)11-14-28-25(33)35-17-22-20-9-5-3-7-18(20)19-8-4-6-10-21(19)22/h3-10,22,34H,11-17H2,1-2H3,(H,28,33)(H,31,32). The van der Waals surface area contributed by atoms with E-state index < -0.39 is 23.1 Å². The number of nitrogens with one attached hydrogen (secondary N) is 1. The van der Waals surface area contributed by atoms with E-state index in [1.807, 2.05) is 24.3 Å². The van der Waals surface area contributed by atoms with Crippen molar-refractivity contribution < 1.29 is 29.3 Å². The minimum Gasteiger partial charge on any atom is -0.479 e. The third-order valence-corrected chi connectivity index (χ3v) is 7.22. The number of carbonyl (C=O) groups excluding carboxylic acids is 2. The van der Waals surface area contributed by atoms with E-state index >= 15 is 0 Å². The molecule has 1 saturated heterocycles. The first-order valence-electron chi connectivity index (χ1n) is 12.0. The zero-order valence-corrected chi connectivity index (χ0v) is 20.1. The number of aliphatic hydroxyl groups is 1. The van der Waals surface area contributed by atoms with Crippen LogP contribution in [0.2, 0.25) is 0 Å². The zero-order chi connectivity index (χ0) is 25.2. The maximum Gasteiger partial charge on any atom is 0.407 e. The number of fused-ring (bicyclic) bond motifs is 3. The van der Waals surface area contributed by atoms with Gasteiger partial charge in [-0.15, -0.1) is 0 Å². The average molecular weight is 481 g/mol. The normalized spacial score (nSPS) is 16.8. The SMILES string of the molecule is CC(C)(CCNC(=O)OCC1c2ccccc2-c2ccccc21)C(=O)N1CCC(O)(C(=O)O)CC1. The Balaban J connectivity index is 1.26. The molecule has 2 aromatic rings. The van der Waals surface area contributed by atoms with Gasteiger partial charge in [0.1, 0.15) is 6.61 Å². The van der Waals surface area contributed by atoms with Crippen LogP contribution in [0.3, 0.4) is 0 Å². The molecule has 3 N–H and O–H groups in total. The van der Waals surface area contributed by atoms with Gasteiger partial charge in [0.05, 0.1) is 0 Å². The van der Waals surface area contributed by atoms with Gasteiger partial charge in [0.25, 0.3) is 0 Å². The molecule has 186 valence electrons. The van der Waals surface area contributed by atoms with Crippen LogP contribution in [0.5, 0.6) is 0 Å². The Morgan fingerprint density at radius 1 is 1.03 bits per heavy atom. The van der Waals surface area contributed by atoms with Crippen molar-refractivity contribution in [2.75, 3.05) is 26.2 Å². The van der Waals surface area contributed by atoms with Crippen LogP contribution in [0, 0.1) is 5.41 Å². The summed E-state index contributed by atoms with van der Waals surface area (Å²) in [7, 11) is 0. The number of carboxylic acids is 1. The number of benzene rings is 2. The summed E-state index contributed by atoms with van der Waals surface area (Å²) in [5, 5.41) is 22.0. The molecular weight excluding hydrogens is 448 g/mol. The highest BCUT2D eigenvalue weighted by atomic mass is 16.5. The molecule has 2 aromatic carbocycles. The molecule has 0 radical (unpaired) electrons. The summed E-state index contributed by atoms with van der Waals surface area (Å²) in [4.78, 5) is 38.2. The molecule has 0 bridgehead atoms. The molecule has 0 spiro atoms. The number of piperidine rings is 1. The van der Waals surface area contributed by atoms with Gasteiger partial charge in [0.2, 0.25) is 5.91 Å². The van der Waals surface area contributed by atoms with Crippen molar-refractivity contribution in [3.05, 3.63) is 59.7 Å². The van der Waals surface area contributed by atoms with Crippen molar-refractivity contribution in [2.24, 2.45) is 5.41 Å². The first-order chi connectivity index (χ1) is 16.6. The lowest BCUT2D eigenvalue weighted by atomic mass is 9.85. The maximum atomic E-state index is 13.0. The Bertz CT molecular complexity index is 1070. The van der Waals surface area contributed by atoms with E-state index in [0.29, 0.717) is 6.42 Å². The van der Waals surface area contributed by atoms with Crippen LogP contribution in [0.15, 0.2) is 48.5 Å². The monoisotopic (exact) mass is 480 g/mol. The van der Waals surface area contributed by atoms with Crippen molar-refractivity contribution in [1.82, 2.24) is 10.2 Å². The van der Waals surface area contributed by atoms with Crippen molar-refractivity contribution in [2.45, 2.75) is 44.6 Å². The summed E-state index contributed by atoms with van der Waals surface area (Å²) < 4.78 is 5.55. The van der Waals surface area contributed by atoms with Gasteiger partial charge in [0, 0.05) is 43.8 Å². The molecule has 0 aromatic heterocycles. The molecule has 2 aliphatic rings. The fourth-order valence-corrected chi connectivity index (χ4v) is 4.96. The molecule has 0 atom stereocenters. The van der Waals surface area contributed by atoms with Crippen LogP contribution in [-0.2, 0) is 14.3 Å². The highest BCUT2D eigenvalue weighted by Crippen LogP contribution is 2.44. The van der Waals surface area contributed by atoms with Gasteiger partial charge in [0.15, 0.2) is 5.60 Å². The number of hydrogen-bond acceptors (Lipinski definition) is 5. The predicted octanol–water partition coefficient (Wildman–Crippen LogP) is 3.38. The van der Waals surface area contributed by atoms with Crippen LogP contribution >= 0.6 is 0 Å². The van der Waals surface area contributed by atoms with Gasteiger partial charge < -0.3 is 25.2 Å². The topological polar surface area (TPSA) is 116 Å². The Hall–Kier alpha value is -3.39. The summed E-state index contributed by atoms with van der Waals surface area (Å²) in [5.74, 6) is -1.40. The molecular formula is C27H32N2O6. The number of carboxylic acid groups (broad SMARTS) is 1. The van der Waals surface area contributed by atoms with Crippen molar-refractivity contribution in [1.29, 1.82) is 0 Å². The summed E-state index contributed by atoms with van der Waals surface area (Å²) in [6.07, 6.45) is -0.125. The van der Waals surface area contributed by atoms with Crippen LogP contribution in [0.4, 0.5) is 4.79 Å². The second-order valence-electron chi connectivity index (χ2n) is 10.0. The third-order valence-electron chi connectivity index (χ3n) is 7.22. The zero-order valence-electron chi connectivity index (χ0n) is 20.1. The summed E-state index contributed by atoms with van der Waals surface area (Å²) >= 11 is 0. The van der Waals surface area contributed by atoms with Crippen LogP contribution in [0.25, 0.3) is 11.1 Å². The number of alkyl carbamates (subject to hydrolysis) is 1. The first kappa shape index (κ1) is 24.7. The van der Waals surface area contributed by atoms with Gasteiger partial charge in [-0.1, -0.05) is 62.4 Å². The predicted molar refractivity (Wildman–Crippen MR) is 130 cm³/mol. The Kier molecular flexibility index (Phi) is 6.85. The molecule has 8 nitrogen and oxygen atoms in total. The van der Waals surface area contributed by atoms with E-state index in [0.717, 1.165) is 22.3 Å². The van der Waals surface area contributed by atoms with E-state index in [1.165, 1.54) is 0 Å². The van der Waals surface area contributed by atoms with E-state index in [9.17, 15) is 19.5 Å². The lowest BCUT2D eigenvalue weighted by Gasteiger charge is -2.39. The summed E-state index contributed by atoms with van der Waals surface area (Å²) in [6, 6.07) is 16.3. The fraction of sp³-hybridized carbons (Fsp3) is 0.444. The number of likely N-dealkylation sites (tertiary alicyclic amines) is 1. The molecule has 4 rings (SSSR count). The van der Waals surface area contributed by atoms with Gasteiger partial charge in [-0.2, -0.15) is 0 Å². The molecule has 1 aliphatic heterocycles. The maximum absolute atomic E-state index is 13.0. The molecule has 1 heterocycles. The molecule has 8 heteroatoms. The van der Waals surface area contributed by atoms with Crippen molar-refractivity contribution in [3.8, 4) is 11.1 Å². The second kappa shape index (κ2) is 9.70. The highest BCUT2D eigenvalue weighted by molar-refractivity contribution is 5.83. The molecule has 2 amide bonds. The first-order valence-corrected chi connectivity index (χ1v) is 12.0. The van der Waals surface area contributed by atoms with E-state index in [-0.39, 0.29) is 50.9 Å². The molecule has 0 saturated carbocycles. The van der Waals surface area contributed by atoms with E-state index in [2.05, 4.69) is 29.6 Å². The second-order valence-corrected chi connectivity index (χ2v) is 10.0. The molecule has 1 aliphatic carbocycles. The van der Waals surface area contributed by atoms with Crippen molar-refractivity contribution in [3.63, 3.8) is 0 Å². The lowest BCUT2D eigenvalue weighted by Crippen LogP contribution is -2.53. The molecule has 1 fully saturated rings. The molecule has 0 unspecified atom stereocenters. The minimum atomic E-state index is -1.77. The van der Waals surface area contributed by atoms with Crippen molar-refractivity contribution >= 4 is 18.0 Å². The number of amides is 2. The van der Waals surface area contributed by atoms with E-state index in [1.54, 1.807) is 18.7 Å². The van der Waals surface area contributed by atoms with E-state index in [4.69, 9.17) is 9.84 Å². The third kappa shape index (κ3) is 5.03. The van der Waals surface area contributed by atoms with Gasteiger partial charge in [-0.25, -0.2) is 9.59 Å². The number of rotatable bonds is 7. The number of nitrogens with zero attached hydrogens (tertiary/aromatic N) is 1. The number of ether oxygens (including phenoxy) is 1. The Morgan fingerprint density at radius 2 is 1.57 bits per heavy atom. The quantitative estimate of drug-likeness (QED) is 0.560. The number of hydrogen-bond donors (Lipinski definition) is 3. The molecule has 35 heavy (non-hydrogen) atoms. The lowest BCUT2D eigenvalue weighted by molar-refractivity contribution is -0.166. The highest BCUT2D eigenvalue weighted by Gasteiger charge is 2.42. The van der Waals surface area contributed by atoms with Crippen LogP contribution in [-0.4, -0.2) is 64.9 Å². The van der Waals surface area contributed by atoms with Crippen LogP contribution < -0.4 is 5.32 Å². The minimum absolute atomic E-state index is 0.00214. The average Bonchev–Trinajstić information content (AvgIpc) is 3.16. The fourth-order valence-electron chi connectivity index (χ4n) is 4.96. The Morgan fingerprint density at radius 3 is 2.11 bits per heavy atom. The summed E-state index contributed by atoms with van der Waals surface area (Å²) in [6.45, 7) is 4.46. The Labute approximate surface area is 204 Å². The largest absolute Gasteiger partial charge is 0.479 e. The van der Waals surface area contributed by atoms with Gasteiger partial charge in [-0.3, -0.25) is 4.79 Å². The smallest absolute Gasteiger partial charge is 0.407 e. The van der Waals surface area contributed by atoms with Gasteiger partial charge in [-0.05, 0) is 28.7 Å². The summed E-state index contributed by atoms with van der Waals surface area (Å²) in [5.41, 5.74) is 2.09. The van der Waals surface area contributed by atoms with Crippen LogP contribution in [0.1, 0.15) is 50.2 Å².